The fourth-order valence-corrected chi connectivity index (χ4v) is 3.62. The molecule has 110 valence electrons. The van der Waals surface area contributed by atoms with Gasteiger partial charge in [-0.25, -0.2) is 0 Å². The van der Waals surface area contributed by atoms with E-state index in [2.05, 4.69) is 17.1 Å². The predicted molar refractivity (Wildman–Crippen MR) is 85.1 cm³/mol. The van der Waals surface area contributed by atoms with Gasteiger partial charge in [0.1, 0.15) is 0 Å². The zero-order valence-corrected chi connectivity index (χ0v) is 13.4. The Bertz CT molecular complexity index is 457. The van der Waals surface area contributed by atoms with Gasteiger partial charge in [-0.05, 0) is 24.7 Å². The number of carbonyl (C=O) groups is 2. The number of rotatable bonds is 4. The summed E-state index contributed by atoms with van der Waals surface area (Å²) in [5, 5.41) is 0. The van der Waals surface area contributed by atoms with E-state index in [9.17, 15) is 9.59 Å². The van der Waals surface area contributed by atoms with Crippen molar-refractivity contribution >= 4 is 41.8 Å². The molecular weight excluding hydrogens is 371 g/mol. The molecule has 20 heavy (non-hydrogen) atoms. The quantitative estimate of drug-likeness (QED) is 0.177. The number of guanidine groups is 1. The highest BCUT2D eigenvalue weighted by Gasteiger charge is 2.58. The van der Waals surface area contributed by atoms with E-state index in [0.29, 0.717) is 19.5 Å². The molecule has 2 fully saturated rings. The molecule has 1 heterocycles. The zero-order valence-electron chi connectivity index (χ0n) is 11.1. The van der Waals surface area contributed by atoms with E-state index < -0.39 is 0 Å². The average molecular weight is 390 g/mol. The first-order valence-corrected chi connectivity index (χ1v) is 6.68. The topological polar surface area (TPSA) is 102 Å². The number of hydrogen-bond donors (Lipinski definition) is 2. The van der Waals surface area contributed by atoms with Crippen molar-refractivity contribution in [2.24, 2.45) is 40.1 Å². The van der Waals surface area contributed by atoms with Crippen LogP contribution < -0.4 is 11.5 Å². The van der Waals surface area contributed by atoms with Crippen LogP contribution in [0, 0.1) is 23.7 Å². The molecule has 3 rings (SSSR count). The summed E-state index contributed by atoms with van der Waals surface area (Å²) in [6.45, 7) is 0.862. The number of likely N-dealkylation sites (tertiary alicyclic amines) is 1. The molecule has 1 aliphatic heterocycles. The van der Waals surface area contributed by atoms with Crippen LogP contribution in [-0.2, 0) is 9.59 Å². The third kappa shape index (κ3) is 2.32. The number of fused-ring (bicyclic) bond motifs is 5. The third-order valence-electron chi connectivity index (χ3n) is 4.40. The largest absolute Gasteiger partial charge is 0.370 e. The molecule has 2 aliphatic carbocycles. The Balaban J connectivity index is 0.00000147. The predicted octanol–water partition coefficient (Wildman–Crippen LogP) is 0.0750. The lowest BCUT2D eigenvalue weighted by atomic mass is 9.85. The summed E-state index contributed by atoms with van der Waals surface area (Å²) in [5.41, 5.74) is 10.5. The van der Waals surface area contributed by atoms with Crippen LogP contribution in [0.25, 0.3) is 0 Å². The van der Waals surface area contributed by atoms with Crippen LogP contribution in [0.1, 0.15) is 12.8 Å². The second-order valence-corrected chi connectivity index (χ2v) is 5.49. The smallest absolute Gasteiger partial charge is 0.233 e. The maximum atomic E-state index is 12.3. The lowest BCUT2D eigenvalue weighted by Gasteiger charge is -2.16. The van der Waals surface area contributed by atoms with E-state index in [1.165, 1.54) is 4.90 Å². The summed E-state index contributed by atoms with van der Waals surface area (Å²) in [4.78, 5) is 29.9. The van der Waals surface area contributed by atoms with Gasteiger partial charge < -0.3 is 11.5 Å². The maximum Gasteiger partial charge on any atom is 0.233 e. The Morgan fingerprint density at radius 2 is 1.75 bits per heavy atom. The first kappa shape index (κ1) is 15.3. The highest BCUT2D eigenvalue weighted by molar-refractivity contribution is 14.0. The molecule has 0 aromatic rings. The van der Waals surface area contributed by atoms with Crippen molar-refractivity contribution in [2.75, 3.05) is 13.1 Å². The van der Waals surface area contributed by atoms with E-state index >= 15 is 0 Å². The second kappa shape index (κ2) is 5.71. The molecule has 4 unspecified atom stereocenters. The van der Waals surface area contributed by atoms with Crippen LogP contribution in [0.2, 0.25) is 0 Å². The van der Waals surface area contributed by atoms with Gasteiger partial charge in [-0.15, -0.1) is 24.0 Å². The van der Waals surface area contributed by atoms with Crippen molar-refractivity contribution in [3.05, 3.63) is 12.2 Å². The van der Waals surface area contributed by atoms with Gasteiger partial charge in [0.25, 0.3) is 0 Å². The monoisotopic (exact) mass is 390 g/mol. The van der Waals surface area contributed by atoms with Crippen LogP contribution >= 0.6 is 24.0 Å². The lowest BCUT2D eigenvalue weighted by Crippen LogP contribution is -2.34. The first-order valence-electron chi connectivity index (χ1n) is 6.68. The fourth-order valence-electron chi connectivity index (χ4n) is 3.62. The van der Waals surface area contributed by atoms with Gasteiger partial charge in [0.2, 0.25) is 11.8 Å². The number of nitrogens with two attached hydrogens (primary N) is 2. The molecule has 3 aliphatic rings. The molecule has 2 bridgehead atoms. The Morgan fingerprint density at radius 3 is 2.25 bits per heavy atom. The minimum absolute atomic E-state index is 0. The van der Waals surface area contributed by atoms with Gasteiger partial charge in [-0.1, -0.05) is 12.2 Å². The van der Waals surface area contributed by atoms with Gasteiger partial charge in [-0.2, -0.15) is 0 Å². The number of hydrogen-bond acceptors (Lipinski definition) is 3. The second-order valence-electron chi connectivity index (χ2n) is 5.49. The summed E-state index contributed by atoms with van der Waals surface area (Å²) < 4.78 is 0. The standard InChI is InChI=1S/C13H18N4O2.HI/c14-13(15)16-4-1-5-17-11(18)9-7-2-3-8(6-7)10(9)12(17)19;/h2-3,7-10H,1,4-6H2,(H4,14,15,16);1H. The summed E-state index contributed by atoms with van der Waals surface area (Å²) in [5.74, 6) is 0.366. The summed E-state index contributed by atoms with van der Waals surface area (Å²) in [6, 6.07) is 0. The summed E-state index contributed by atoms with van der Waals surface area (Å²) in [6.07, 6.45) is 5.77. The molecule has 1 saturated carbocycles. The van der Waals surface area contributed by atoms with Crippen LogP contribution in [0.15, 0.2) is 17.1 Å². The first-order chi connectivity index (χ1) is 9.09. The van der Waals surface area contributed by atoms with Crippen LogP contribution in [0.5, 0.6) is 0 Å². The van der Waals surface area contributed by atoms with Gasteiger partial charge in [0.05, 0.1) is 11.8 Å². The maximum absolute atomic E-state index is 12.3. The number of carbonyl (C=O) groups excluding carboxylic acids is 2. The summed E-state index contributed by atoms with van der Waals surface area (Å²) in [7, 11) is 0. The Hall–Kier alpha value is -1.12. The Morgan fingerprint density at radius 1 is 1.20 bits per heavy atom. The van der Waals surface area contributed by atoms with E-state index in [4.69, 9.17) is 11.5 Å². The molecule has 2 amide bonds. The van der Waals surface area contributed by atoms with Crippen molar-refractivity contribution < 1.29 is 9.59 Å². The number of halogens is 1. The van der Waals surface area contributed by atoms with Crippen molar-refractivity contribution in [2.45, 2.75) is 12.8 Å². The van der Waals surface area contributed by atoms with Crippen LogP contribution in [0.3, 0.4) is 0 Å². The zero-order chi connectivity index (χ0) is 13.6. The number of aliphatic imine (C=N–C) groups is 1. The normalized spacial score (nSPS) is 33.3. The van der Waals surface area contributed by atoms with Crippen molar-refractivity contribution in [3.8, 4) is 0 Å². The Labute approximate surface area is 134 Å². The van der Waals surface area contributed by atoms with Crippen LogP contribution in [-0.4, -0.2) is 35.8 Å². The molecule has 4 atom stereocenters. The summed E-state index contributed by atoms with van der Waals surface area (Å²) >= 11 is 0. The molecule has 6 nitrogen and oxygen atoms in total. The minimum atomic E-state index is -0.106. The van der Waals surface area contributed by atoms with Crippen molar-refractivity contribution in [1.82, 2.24) is 4.90 Å². The molecule has 7 heteroatoms. The Kier molecular flexibility index (Phi) is 4.36. The molecular formula is C13H19IN4O2. The molecule has 0 spiro atoms. The number of nitrogens with zero attached hydrogens (tertiary/aromatic N) is 2. The van der Waals surface area contributed by atoms with E-state index in [0.717, 1.165) is 6.42 Å². The lowest BCUT2D eigenvalue weighted by molar-refractivity contribution is -0.140. The van der Waals surface area contributed by atoms with Gasteiger partial charge in [0, 0.05) is 13.1 Å². The van der Waals surface area contributed by atoms with Crippen LogP contribution in [0.4, 0.5) is 0 Å². The minimum Gasteiger partial charge on any atom is -0.370 e. The van der Waals surface area contributed by atoms with Crippen molar-refractivity contribution in [3.63, 3.8) is 0 Å². The van der Waals surface area contributed by atoms with Gasteiger partial charge >= 0.3 is 0 Å². The van der Waals surface area contributed by atoms with E-state index in [1.54, 1.807) is 0 Å². The van der Waals surface area contributed by atoms with Gasteiger partial charge in [-0.3, -0.25) is 19.5 Å². The average Bonchev–Trinajstić information content (AvgIpc) is 3.02. The number of imide groups is 1. The number of amides is 2. The van der Waals surface area contributed by atoms with E-state index in [1.807, 2.05) is 0 Å². The molecule has 4 N–H and O–H groups in total. The highest BCUT2D eigenvalue weighted by atomic mass is 127. The fraction of sp³-hybridized carbons (Fsp3) is 0.615. The third-order valence-corrected chi connectivity index (χ3v) is 4.40. The molecule has 0 radical (unpaired) electrons. The highest BCUT2D eigenvalue weighted by Crippen LogP contribution is 2.52. The SMILES string of the molecule is I.NC(N)=NCCCN1C(=O)C2C3C=CC(C3)C2C1=O. The van der Waals surface area contributed by atoms with Gasteiger partial charge in [0.15, 0.2) is 5.96 Å². The molecule has 0 aromatic carbocycles. The number of allylic oxidation sites excluding steroid dienone is 2. The molecule has 0 aromatic heterocycles. The van der Waals surface area contributed by atoms with Crippen molar-refractivity contribution in [1.29, 1.82) is 0 Å². The van der Waals surface area contributed by atoms with E-state index in [-0.39, 0.29) is 65.4 Å². The molecule has 1 saturated heterocycles.